The van der Waals surface area contributed by atoms with Crippen molar-refractivity contribution in [1.82, 2.24) is 39.8 Å². The Kier molecular flexibility index (Phi) is 23.4. The smallest absolute Gasteiger partial charge is 0.493 e. The van der Waals surface area contributed by atoms with Crippen LogP contribution in [0.15, 0.2) is 133 Å². The molecule has 1 unspecified atom stereocenters. The number of hydrogen-bond donors (Lipinski definition) is 3. The number of nitrogens with one attached hydrogen (secondary N) is 3. The summed E-state index contributed by atoms with van der Waals surface area (Å²) in [5.74, 6) is -0.546. The van der Waals surface area contributed by atoms with E-state index in [1.807, 2.05) is 86.5 Å². The van der Waals surface area contributed by atoms with Crippen LogP contribution in [0.2, 0.25) is 0 Å². The summed E-state index contributed by atoms with van der Waals surface area (Å²) in [6.45, 7) is 24.6. The van der Waals surface area contributed by atoms with Crippen LogP contribution < -0.4 is 25.0 Å². The van der Waals surface area contributed by atoms with Crippen molar-refractivity contribution < 1.29 is 53.7 Å². The molecule has 3 saturated carbocycles. The van der Waals surface area contributed by atoms with Crippen molar-refractivity contribution in [3.05, 3.63) is 142 Å². The molecule has 2 aromatic heterocycles. The number of thioether (sulfide) groups is 1. The normalized spacial score (nSPS) is 21.8. The van der Waals surface area contributed by atoms with Gasteiger partial charge in [-0.1, -0.05) is 87.7 Å². The van der Waals surface area contributed by atoms with Gasteiger partial charge in [0.2, 0.25) is 11.8 Å². The zero-order valence-corrected chi connectivity index (χ0v) is 63.6. The lowest BCUT2D eigenvalue weighted by atomic mass is 9.31. The van der Waals surface area contributed by atoms with Gasteiger partial charge in [0.05, 0.1) is 39.0 Å². The van der Waals surface area contributed by atoms with Gasteiger partial charge in [-0.25, -0.2) is 26.5 Å². The Bertz CT molecular complexity index is 4240. The van der Waals surface area contributed by atoms with E-state index >= 15 is 0 Å². The van der Waals surface area contributed by atoms with Gasteiger partial charge in [-0.2, -0.15) is 13.2 Å². The van der Waals surface area contributed by atoms with Crippen molar-refractivity contribution in [2.75, 3.05) is 101 Å². The molecular weight excluding hydrogens is 1390 g/mol. The molecule has 2 bridgehead atoms. The molecule has 556 valence electrons. The summed E-state index contributed by atoms with van der Waals surface area (Å²) < 4.78 is 113. The molecule has 4 aromatic carbocycles. The molecule has 13 rings (SSSR count). The second-order valence-electron chi connectivity index (χ2n) is 30.5. The summed E-state index contributed by atoms with van der Waals surface area (Å²) in [6, 6.07) is 25.0. The summed E-state index contributed by atoms with van der Waals surface area (Å²) in [5, 5.41) is 10.2. The average molecular weight is 1490 g/mol. The maximum atomic E-state index is 14.6. The third-order valence-electron chi connectivity index (χ3n) is 22.3. The van der Waals surface area contributed by atoms with E-state index in [4.69, 9.17) is 9.26 Å². The van der Waals surface area contributed by atoms with Gasteiger partial charge < -0.3 is 39.5 Å². The lowest BCUT2D eigenvalue weighted by Gasteiger charge is -2.73. The van der Waals surface area contributed by atoms with Crippen LogP contribution >= 0.6 is 23.1 Å². The minimum Gasteiger partial charge on any atom is -0.493 e. The maximum Gasteiger partial charge on any atom is 0.501 e. The van der Waals surface area contributed by atoms with Crippen LogP contribution in [0.25, 0.3) is 10.4 Å². The van der Waals surface area contributed by atoms with E-state index in [2.05, 4.69) is 61.1 Å². The van der Waals surface area contributed by atoms with Crippen molar-refractivity contribution in [2.45, 2.75) is 170 Å². The molecule has 3 atom stereocenters. The van der Waals surface area contributed by atoms with Gasteiger partial charge >= 0.3 is 5.51 Å². The number of aromatic nitrogens is 2. The zero-order chi connectivity index (χ0) is 73.1. The number of amides is 3. The van der Waals surface area contributed by atoms with Crippen molar-refractivity contribution in [1.29, 1.82) is 0 Å². The fourth-order valence-corrected chi connectivity index (χ4v) is 20.1. The molecule has 3 N–H and O–H groups in total. The van der Waals surface area contributed by atoms with Crippen LogP contribution in [0.1, 0.15) is 151 Å². The summed E-state index contributed by atoms with van der Waals surface area (Å²) >= 11 is 2.99. The van der Waals surface area contributed by atoms with Gasteiger partial charge in [-0.3, -0.25) is 19.3 Å². The number of likely N-dealkylation sites (tertiary alicyclic amines) is 1. The minimum atomic E-state index is -6.14. The molecule has 26 heteroatoms. The fourth-order valence-electron chi connectivity index (χ4n) is 16.3. The molecule has 3 aliphatic heterocycles. The molecule has 19 nitrogen and oxygen atoms in total. The van der Waals surface area contributed by atoms with Gasteiger partial charge in [0.15, 0.2) is 0 Å². The molecule has 7 aliphatic rings. The van der Waals surface area contributed by atoms with Crippen LogP contribution in [0.3, 0.4) is 0 Å². The Morgan fingerprint density at radius 1 is 0.835 bits per heavy atom. The van der Waals surface area contributed by atoms with Crippen LogP contribution in [-0.4, -0.2) is 173 Å². The largest absolute Gasteiger partial charge is 0.501 e. The summed E-state index contributed by atoms with van der Waals surface area (Å²) in [4.78, 5) is 57.0. The molecule has 6 fully saturated rings. The molecule has 103 heavy (non-hydrogen) atoms. The van der Waals surface area contributed by atoms with Crippen molar-refractivity contribution in [2.24, 2.45) is 22.2 Å². The van der Waals surface area contributed by atoms with E-state index in [-0.39, 0.29) is 29.8 Å². The first-order valence-electron chi connectivity index (χ1n) is 36.5. The molecule has 3 saturated heterocycles. The minimum absolute atomic E-state index is 0.00447. The summed E-state index contributed by atoms with van der Waals surface area (Å²) in [5.41, 5.74) is 4.58. The first-order valence-corrected chi connectivity index (χ1v) is 41.3. The Labute approximate surface area is 613 Å². The monoisotopic (exact) mass is 1490 g/mol. The Morgan fingerprint density at radius 2 is 1.54 bits per heavy atom. The number of anilines is 2. The quantitative estimate of drug-likeness (QED) is 0.0217. The van der Waals surface area contributed by atoms with E-state index in [1.165, 1.54) is 62.4 Å². The van der Waals surface area contributed by atoms with Crippen molar-refractivity contribution in [3.63, 3.8) is 0 Å². The Hall–Kier alpha value is -6.81. The molecule has 6 aromatic rings. The van der Waals surface area contributed by atoms with E-state index in [9.17, 15) is 44.4 Å². The number of benzene rings is 4. The lowest BCUT2D eigenvalue weighted by molar-refractivity contribution is -0.182. The molecule has 5 heterocycles. The second kappa shape index (κ2) is 31.7. The number of thiazole rings is 1. The number of carbonyl (C=O) groups excluding carboxylic acids is 3. The van der Waals surface area contributed by atoms with E-state index in [0.717, 1.165) is 116 Å². The number of sulfonamides is 1. The number of piperazine rings is 2. The highest BCUT2D eigenvalue weighted by atomic mass is 32.2. The molecule has 3 amide bonds. The Morgan fingerprint density at radius 3 is 2.20 bits per heavy atom. The highest BCUT2D eigenvalue weighted by Gasteiger charge is 2.68. The fraction of sp³-hybridized carbons (Fsp3) is 0.545. The first kappa shape index (κ1) is 75.9. The number of halogens is 3. The van der Waals surface area contributed by atoms with Gasteiger partial charge in [0, 0.05) is 118 Å². The molecule has 0 spiro atoms. The van der Waals surface area contributed by atoms with Crippen LogP contribution in [0.4, 0.5) is 24.5 Å². The number of sulfone groups is 1. The third-order valence-corrected chi connectivity index (χ3v) is 27.3. The highest BCUT2D eigenvalue weighted by Crippen LogP contribution is 2.79. The van der Waals surface area contributed by atoms with Crippen LogP contribution in [0.5, 0.6) is 5.75 Å². The van der Waals surface area contributed by atoms with E-state index in [0.29, 0.717) is 97.3 Å². The number of hydrogen-bond acceptors (Lipinski definition) is 18. The zero-order valence-electron chi connectivity index (χ0n) is 60.3. The van der Waals surface area contributed by atoms with Gasteiger partial charge in [0.25, 0.3) is 25.8 Å². The van der Waals surface area contributed by atoms with Gasteiger partial charge in [0.1, 0.15) is 28.4 Å². The second-order valence-corrected chi connectivity index (χ2v) is 36.1. The number of ether oxygens (including phenoxy) is 1. The first-order chi connectivity index (χ1) is 49.1. The average Bonchev–Trinajstić information content (AvgIpc) is 0.892. The van der Waals surface area contributed by atoms with Crippen molar-refractivity contribution >= 4 is 72.1 Å². The summed E-state index contributed by atoms with van der Waals surface area (Å²) in [6.07, 6.45) is 12.1. The third kappa shape index (κ3) is 17.5. The number of aryl methyl sites for hydroxylation is 2. The van der Waals surface area contributed by atoms with E-state index in [1.54, 1.807) is 45.6 Å². The van der Waals surface area contributed by atoms with Crippen LogP contribution in [-0.2, 0) is 36.0 Å². The predicted molar refractivity (Wildman–Crippen MR) is 398 cm³/mol. The molecular formula is C77H99F3N10O9S4. The molecule has 0 radical (unpaired) electrons. The maximum absolute atomic E-state index is 14.6. The van der Waals surface area contributed by atoms with Crippen molar-refractivity contribution in [3.8, 4) is 16.2 Å². The summed E-state index contributed by atoms with van der Waals surface area (Å²) in [7, 11) is -11.0. The highest BCUT2D eigenvalue weighted by molar-refractivity contribution is 7.99. The number of nitrogens with zero attached hydrogens (tertiary/aromatic N) is 7. The lowest BCUT2D eigenvalue weighted by Crippen LogP contribution is -2.63. The Balaban J connectivity index is 0.631. The number of allylic oxidation sites excluding steroid dienone is 1. The number of rotatable bonds is 30. The van der Waals surface area contributed by atoms with E-state index < -0.39 is 64.8 Å². The van der Waals surface area contributed by atoms with Gasteiger partial charge in [-0.15, -0.1) is 23.1 Å². The predicted octanol–water partition coefficient (Wildman–Crippen LogP) is 13.5. The topological polar surface area (TPSA) is 220 Å². The number of unbranched alkanes of at least 4 members (excludes halogenated alkanes) is 1. The SMILES string of the molecule is CCC12CC(C3=C(CN4CCN(c5ccc(C(=O)NS(=O)(=O)c6ccc(N[C@H](CCN7CCN(CCCCOc8cc(-c9scnc9C)ccc8CNC(=O)[C@@H]8CCCN8C(=O)C(c8cc(C)no8)C(C)C)CC7)CSc7ccccc7)c(S(=O)(=O)C(F)(F)F)c6)cc5)CC4)CCC(C)(C)C3)(C1)C2. The number of carbonyl (C=O) groups is 3. The standard InChI is InChI=1S/C77H99F3N10O9S4/c1-8-75-48-76(49-75,50-75)63-44-74(6,7)28-26-58(63)46-88-36-38-89(39-37-88)60-22-20-55(21-23-60)71(91)85-103(96,97)62-24-25-64(68(43-62)102(94,95)77(78,79)80)83-59(47-100-61-15-10-9-11-16-61)27-31-87-34-32-86(33-35-87)29-12-13-40-98-66-42-56(70-54(5)82-51-101-70)18-19-57(66)45-81-72(92)65-17-14-30-90(65)73(93)69(52(2)3)67-41-53(4)84-99-67/h9-11,15-16,18-25,41-43,51-52,59,65,69,83H,8,12-14,17,26-40,44-50H2,1-7H3,(H,81,92)(H,85,91)/t59-,65+,69?,75?,76?/m1/s1. The van der Waals surface area contributed by atoms with Gasteiger partial charge in [-0.05, 0) is 179 Å². The number of alkyl halides is 3. The molecule has 4 aliphatic carbocycles. The van der Waals surface area contributed by atoms with Crippen LogP contribution in [0, 0.1) is 36.0 Å².